The number of amides is 1. The van der Waals surface area contributed by atoms with Crippen LogP contribution in [0.25, 0.3) is 0 Å². The van der Waals surface area contributed by atoms with Gasteiger partial charge in [0.25, 0.3) is 0 Å². The topological polar surface area (TPSA) is 46.3 Å². The first-order valence-corrected chi connectivity index (χ1v) is 8.20. The van der Waals surface area contributed by atoms with Crippen molar-refractivity contribution in [1.82, 2.24) is 4.90 Å². The molecular formula is C18H26N2O. The van der Waals surface area contributed by atoms with Crippen molar-refractivity contribution in [2.24, 2.45) is 23.5 Å². The van der Waals surface area contributed by atoms with E-state index in [1.807, 2.05) is 0 Å². The Morgan fingerprint density at radius 2 is 1.95 bits per heavy atom. The molecule has 0 aliphatic carbocycles. The van der Waals surface area contributed by atoms with E-state index in [2.05, 4.69) is 36.1 Å². The van der Waals surface area contributed by atoms with Gasteiger partial charge in [-0.3, -0.25) is 4.79 Å². The molecule has 1 aromatic carbocycles. The van der Waals surface area contributed by atoms with E-state index in [4.69, 9.17) is 5.73 Å². The van der Waals surface area contributed by atoms with Gasteiger partial charge in [-0.1, -0.05) is 29.8 Å². The van der Waals surface area contributed by atoms with Crippen LogP contribution in [-0.4, -0.2) is 30.4 Å². The molecule has 21 heavy (non-hydrogen) atoms. The molecule has 2 unspecified atom stereocenters. The normalized spacial score (nSPS) is 29.3. The lowest BCUT2D eigenvalue weighted by Crippen LogP contribution is -2.51. The summed E-state index contributed by atoms with van der Waals surface area (Å²) in [5.74, 6) is 1.14. The van der Waals surface area contributed by atoms with E-state index in [0.717, 1.165) is 19.4 Å². The highest BCUT2D eigenvalue weighted by Crippen LogP contribution is 2.38. The molecule has 0 radical (unpaired) electrons. The van der Waals surface area contributed by atoms with Crippen LogP contribution in [0.5, 0.6) is 0 Å². The van der Waals surface area contributed by atoms with Gasteiger partial charge in [-0.2, -0.15) is 0 Å². The number of primary amides is 1. The lowest BCUT2D eigenvalue weighted by atomic mass is 9.71. The summed E-state index contributed by atoms with van der Waals surface area (Å²) in [6.45, 7) is 5.60. The molecule has 3 fully saturated rings. The second-order valence-electron chi connectivity index (χ2n) is 6.84. The van der Waals surface area contributed by atoms with Gasteiger partial charge in [-0.15, -0.1) is 0 Å². The molecule has 0 spiro atoms. The average molecular weight is 286 g/mol. The van der Waals surface area contributed by atoms with Gasteiger partial charge in [0.1, 0.15) is 0 Å². The highest BCUT2D eigenvalue weighted by Gasteiger charge is 2.40. The first kappa shape index (κ1) is 14.6. The van der Waals surface area contributed by atoms with Crippen LogP contribution in [0, 0.1) is 24.7 Å². The lowest BCUT2D eigenvalue weighted by molar-refractivity contribution is -0.126. The highest BCUT2D eigenvalue weighted by molar-refractivity contribution is 5.77. The molecule has 3 nitrogen and oxygen atoms in total. The number of nitrogens with two attached hydrogens (primary N) is 1. The largest absolute Gasteiger partial charge is 0.369 e. The maximum absolute atomic E-state index is 12.0. The molecule has 114 valence electrons. The Bertz CT molecular complexity index is 488. The summed E-state index contributed by atoms with van der Waals surface area (Å²) in [5, 5.41) is 0. The summed E-state index contributed by atoms with van der Waals surface area (Å²) in [6.07, 6.45) is 4.35. The fraction of sp³-hybridized carbons (Fsp3) is 0.611. The summed E-state index contributed by atoms with van der Waals surface area (Å²) < 4.78 is 0. The molecule has 3 aliphatic rings. The maximum Gasteiger partial charge on any atom is 0.220 e. The van der Waals surface area contributed by atoms with Crippen molar-refractivity contribution in [3.05, 3.63) is 35.4 Å². The van der Waals surface area contributed by atoms with E-state index in [-0.39, 0.29) is 11.8 Å². The fourth-order valence-corrected chi connectivity index (χ4v) is 4.11. The number of carbonyl (C=O) groups is 1. The van der Waals surface area contributed by atoms with Crippen molar-refractivity contribution in [3.8, 4) is 0 Å². The van der Waals surface area contributed by atoms with E-state index in [1.54, 1.807) is 0 Å². The summed E-state index contributed by atoms with van der Waals surface area (Å²) in [6, 6.07) is 8.62. The van der Waals surface area contributed by atoms with E-state index in [1.165, 1.54) is 37.1 Å². The highest BCUT2D eigenvalue weighted by atomic mass is 16.1. The first-order valence-electron chi connectivity index (χ1n) is 8.20. The van der Waals surface area contributed by atoms with Crippen LogP contribution >= 0.6 is 0 Å². The summed E-state index contributed by atoms with van der Waals surface area (Å²) in [7, 11) is 0. The fourth-order valence-electron chi connectivity index (χ4n) is 4.11. The Kier molecular flexibility index (Phi) is 4.29. The standard InChI is InChI=1S/C18H26N2O/c1-13-2-4-14(5-3-13)6-7-16(18(19)21)17-12-20-10-8-15(17)9-11-20/h2-5,15-17H,6-12H2,1H3,(H2,19,21). The van der Waals surface area contributed by atoms with Crippen molar-refractivity contribution in [3.63, 3.8) is 0 Å². The second-order valence-corrected chi connectivity index (χ2v) is 6.84. The van der Waals surface area contributed by atoms with Crippen molar-refractivity contribution < 1.29 is 4.79 Å². The number of rotatable bonds is 5. The minimum absolute atomic E-state index is 0.0411. The van der Waals surface area contributed by atoms with Gasteiger partial charge < -0.3 is 10.6 Å². The molecule has 3 aliphatic heterocycles. The molecule has 0 saturated carbocycles. The van der Waals surface area contributed by atoms with Crippen LogP contribution in [-0.2, 0) is 11.2 Å². The molecule has 1 amide bonds. The van der Waals surface area contributed by atoms with Crippen molar-refractivity contribution in [1.29, 1.82) is 0 Å². The van der Waals surface area contributed by atoms with Crippen LogP contribution in [0.1, 0.15) is 30.4 Å². The maximum atomic E-state index is 12.0. The predicted molar refractivity (Wildman–Crippen MR) is 84.8 cm³/mol. The monoisotopic (exact) mass is 286 g/mol. The van der Waals surface area contributed by atoms with Crippen LogP contribution in [0.2, 0.25) is 0 Å². The first-order chi connectivity index (χ1) is 10.1. The number of benzene rings is 1. The smallest absolute Gasteiger partial charge is 0.220 e. The van der Waals surface area contributed by atoms with Crippen molar-refractivity contribution >= 4 is 5.91 Å². The van der Waals surface area contributed by atoms with Crippen molar-refractivity contribution in [2.45, 2.75) is 32.6 Å². The SMILES string of the molecule is Cc1ccc(CCC(C(N)=O)C2CN3CCC2CC3)cc1. The number of carbonyl (C=O) groups excluding carboxylic acids is 1. The molecule has 4 rings (SSSR count). The molecule has 0 aromatic heterocycles. The number of nitrogens with zero attached hydrogens (tertiary/aromatic N) is 1. The minimum atomic E-state index is -0.0964. The van der Waals surface area contributed by atoms with Crippen LogP contribution in [0.3, 0.4) is 0 Å². The van der Waals surface area contributed by atoms with Crippen molar-refractivity contribution in [2.75, 3.05) is 19.6 Å². The third-order valence-electron chi connectivity index (χ3n) is 5.45. The number of hydrogen-bond donors (Lipinski definition) is 1. The zero-order valence-corrected chi connectivity index (χ0v) is 12.9. The summed E-state index contributed by atoms with van der Waals surface area (Å²) >= 11 is 0. The predicted octanol–water partition coefficient (Wildman–Crippen LogP) is 2.37. The van der Waals surface area contributed by atoms with Gasteiger partial charge in [0, 0.05) is 12.5 Å². The Balaban J connectivity index is 1.65. The molecule has 1 aromatic rings. The molecule has 3 saturated heterocycles. The van der Waals surface area contributed by atoms with Gasteiger partial charge in [-0.25, -0.2) is 0 Å². The Morgan fingerprint density at radius 3 is 2.48 bits per heavy atom. The summed E-state index contributed by atoms with van der Waals surface area (Å²) in [5.41, 5.74) is 8.32. The molecule has 2 N–H and O–H groups in total. The number of fused-ring (bicyclic) bond motifs is 3. The molecule has 2 atom stereocenters. The van der Waals surface area contributed by atoms with E-state index >= 15 is 0 Å². The Morgan fingerprint density at radius 1 is 1.29 bits per heavy atom. The average Bonchev–Trinajstić information content (AvgIpc) is 2.50. The lowest BCUT2D eigenvalue weighted by Gasteiger charge is -2.47. The van der Waals surface area contributed by atoms with Crippen LogP contribution in [0.15, 0.2) is 24.3 Å². The van der Waals surface area contributed by atoms with E-state index in [9.17, 15) is 4.79 Å². The van der Waals surface area contributed by atoms with Gasteiger partial charge in [0.15, 0.2) is 0 Å². The molecular weight excluding hydrogens is 260 g/mol. The van der Waals surface area contributed by atoms with Gasteiger partial charge in [0.05, 0.1) is 0 Å². The third kappa shape index (κ3) is 3.29. The third-order valence-corrected chi connectivity index (χ3v) is 5.45. The van der Waals surface area contributed by atoms with Crippen LogP contribution in [0.4, 0.5) is 0 Å². The zero-order chi connectivity index (χ0) is 14.8. The Hall–Kier alpha value is -1.35. The second kappa shape index (κ2) is 6.18. The quantitative estimate of drug-likeness (QED) is 0.903. The number of hydrogen-bond acceptors (Lipinski definition) is 2. The number of piperidine rings is 3. The van der Waals surface area contributed by atoms with Crippen LogP contribution < -0.4 is 5.73 Å². The van der Waals surface area contributed by atoms with E-state index in [0.29, 0.717) is 11.8 Å². The molecule has 2 bridgehead atoms. The van der Waals surface area contributed by atoms with E-state index < -0.39 is 0 Å². The van der Waals surface area contributed by atoms with Gasteiger partial charge >= 0.3 is 0 Å². The number of aryl methyl sites for hydroxylation is 2. The minimum Gasteiger partial charge on any atom is -0.369 e. The zero-order valence-electron chi connectivity index (χ0n) is 12.9. The Labute approximate surface area is 127 Å². The molecule has 3 heterocycles. The van der Waals surface area contributed by atoms with Gasteiger partial charge in [0.2, 0.25) is 5.91 Å². The molecule has 3 heteroatoms. The summed E-state index contributed by atoms with van der Waals surface area (Å²) in [4.78, 5) is 14.5. The van der Waals surface area contributed by atoms with Gasteiger partial charge in [-0.05, 0) is 63.1 Å².